The van der Waals surface area contributed by atoms with Crippen LogP contribution in [-0.4, -0.2) is 30.1 Å². The molecule has 2 bridgehead atoms. The molecule has 0 spiro atoms. The molecule has 3 fully saturated rings. The van der Waals surface area contributed by atoms with Gasteiger partial charge < -0.3 is 0 Å². The molecule has 0 heterocycles. The van der Waals surface area contributed by atoms with E-state index in [1.165, 1.54) is 38.5 Å². The van der Waals surface area contributed by atoms with E-state index in [0.29, 0.717) is 12.0 Å². The van der Waals surface area contributed by atoms with E-state index in [4.69, 9.17) is 0 Å². The number of hydrogen-bond donors (Lipinski definition) is 1. The minimum atomic E-state index is -1.74. The van der Waals surface area contributed by atoms with Crippen molar-refractivity contribution in [1.29, 1.82) is 0 Å². The van der Waals surface area contributed by atoms with Gasteiger partial charge in [-0.05, 0) is 0 Å². The van der Waals surface area contributed by atoms with Crippen molar-refractivity contribution in [2.45, 2.75) is 56.8 Å². The van der Waals surface area contributed by atoms with E-state index >= 15 is 0 Å². The van der Waals surface area contributed by atoms with Crippen molar-refractivity contribution in [2.75, 3.05) is 6.61 Å². The fourth-order valence-corrected chi connectivity index (χ4v) is 11.1. The van der Waals surface area contributed by atoms with Gasteiger partial charge in [-0.25, -0.2) is 0 Å². The topological polar surface area (TPSA) is 20.2 Å². The second kappa shape index (κ2) is 3.38. The Morgan fingerprint density at radius 2 is 1.36 bits per heavy atom. The van der Waals surface area contributed by atoms with Crippen LogP contribution in [0.4, 0.5) is 0 Å². The van der Waals surface area contributed by atoms with Crippen LogP contribution in [-0.2, 0) is 0 Å². The minimum absolute atomic E-state index is 0.360. The van der Waals surface area contributed by atoms with E-state index in [-0.39, 0.29) is 0 Å². The van der Waals surface area contributed by atoms with Crippen LogP contribution >= 0.6 is 0 Å². The maximum absolute atomic E-state index is 9.47. The monoisotopic (exact) mass is 304 g/mol. The first-order valence-corrected chi connectivity index (χ1v) is 16.0. The van der Waals surface area contributed by atoms with E-state index < -0.39 is 18.4 Å². The molecule has 2 heteroatoms. The Morgan fingerprint density at radius 1 is 0.929 bits per heavy atom. The standard InChI is InChI=1S/C9H15O.3CH3.Sn/c10-7-9-4-1-8(2-5-9)3-6-9;;;;/h10H,1-7H2;3*1H3;. The molecule has 14 heavy (non-hydrogen) atoms. The van der Waals surface area contributed by atoms with Crippen molar-refractivity contribution in [3.63, 3.8) is 0 Å². The number of rotatable bonds is 2. The van der Waals surface area contributed by atoms with E-state index in [1.807, 2.05) is 0 Å². The van der Waals surface area contributed by atoms with E-state index in [2.05, 4.69) is 14.8 Å². The molecular weight excluding hydrogens is 279 g/mol. The quantitative estimate of drug-likeness (QED) is 0.775. The van der Waals surface area contributed by atoms with Crippen LogP contribution in [0.15, 0.2) is 0 Å². The summed E-state index contributed by atoms with van der Waals surface area (Å²) in [6.45, 7) is 0.447. The number of hydrogen-bond acceptors (Lipinski definition) is 1. The summed E-state index contributed by atoms with van der Waals surface area (Å²) in [6, 6.07) is 0. The van der Waals surface area contributed by atoms with Crippen LogP contribution in [0.2, 0.25) is 18.2 Å². The summed E-state index contributed by atoms with van der Waals surface area (Å²) in [5.41, 5.74) is 0.360. The number of aliphatic hydroxyl groups excluding tert-OH is 1. The zero-order valence-electron chi connectivity index (χ0n) is 9.90. The zero-order chi connectivity index (χ0) is 10.4. The van der Waals surface area contributed by atoms with Gasteiger partial charge in [-0.2, -0.15) is 0 Å². The molecule has 0 amide bonds. The summed E-state index contributed by atoms with van der Waals surface area (Å²) in [6.07, 6.45) is 8.26. The van der Waals surface area contributed by atoms with Crippen molar-refractivity contribution in [3.8, 4) is 0 Å². The fraction of sp³-hybridized carbons (Fsp3) is 1.00. The summed E-state index contributed by atoms with van der Waals surface area (Å²) in [4.78, 5) is 7.81. The van der Waals surface area contributed by atoms with Gasteiger partial charge >= 0.3 is 92.3 Å². The normalized spacial score (nSPS) is 42.9. The average molecular weight is 303 g/mol. The molecule has 0 aliphatic heterocycles. The van der Waals surface area contributed by atoms with Crippen molar-refractivity contribution in [2.24, 2.45) is 5.41 Å². The molecule has 0 radical (unpaired) electrons. The van der Waals surface area contributed by atoms with Gasteiger partial charge in [-0.15, -0.1) is 0 Å². The third-order valence-corrected chi connectivity index (χ3v) is 16.6. The van der Waals surface area contributed by atoms with Gasteiger partial charge in [0.05, 0.1) is 0 Å². The van der Waals surface area contributed by atoms with E-state index in [9.17, 15) is 5.11 Å². The van der Waals surface area contributed by atoms with Crippen molar-refractivity contribution < 1.29 is 5.11 Å². The zero-order valence-corrected chi connectivity index (χ0v) is 12.8. The van der Waals surface area contributed by atoms with Crippen LogP contribution in [0.1, 0.15) is 38.5 Å². The van der Waals surface area contributed by atoms with Gasteiger partial charge in [0.1, 0.15) is 0 Å². The molecule has 3 rings (SSSR count). The molecule has 3 saturated carbocycles. The summed E-state index contributed by atoms with van der Waals surface area (Å²) in [5, 5.41) is 9.47. The second-order valence-corrected chi connectivity index (χ2v) is 22.6. The first kappa shape index (κ1) is 11.3. The fourth-order valence-electron chi connectivity index (χ4n) is 3.63. The summed E-state index contributed by atoms with van der Waals surface area (Å²) >= 11 is -1.74. The Balaban J connectivity index is 2.17. The third-order valence-electron chi connectivity index (χ3n) is 5.33. The van der Waals surface area contributed by atoms with Gasteiger partial charge in [-0.1, -0.05) is 0 Å². The number of fused-ring (bicyclic) bond motifs is 3. The van der Waals surface area contributed by atoms with Gasteiger partial charge in [0, 0.05) is 0 Å². The molecule has 1 nitrogen and oxygen atoms in total. The maximum atomic E-state index is 9.47. The second-order valence-electron chi connectivity index (χ2n) is 6.69. The van der Waals surface area contributed by atoms with Crippen LogP contribution in [0, 0.1) is 5.41 Å². The molecule has 0 aromatic carbocycles. The van der Waals surface area contributed by atoms with Crippen LogP contribution < -0.4 is 0 Å². The van der Waals surface area contributed by atoms with Crippen LogP contribution in [0.3, 0.4) is 0 Å². The molecule has 0 saturated heterocycles. The van der Waals surface area contributed by atoms with Gasteiger partial charge in [0.25, 0.3) is 0 Å². The third kappa shape index (κ3) is 1.55. The van der Waals surface area contributed by atoms with Crippen LogP contribution in [0.5, 0.6) is 0 Å². The Kier molecular flexibility index (Phi) is 2.71. The number of aliphatic hydroxyl groups is 1. The molecule has 3 aliphatic rings. The summed E-state index contributed by atoms with van der Waals surface area (Å²) in [5.74, 6) is 0. The molecule has 82 valence electrons. The first-order valence-electron chi connectivity index (χ1n) is 6.04. The average Bonchev–Trinajstić information content (AvgIpc) is 2.19. The molecular formula is C12H24OSn. The predicted octanol–water partition coefficient (Wildman–Crippen LogP) is 3.41. The van der Waals surface area contributed by atoms with Crippen LogP contribution in [0.25, 0.3) is 0 Å². The van der Waals surface area contributed by atoms with Crippen molar-refractivity contribution in [1.82, 2.24) is 0 Å². The Labute approximate surface area is 92.2 Å². The van der Waals surface area contributed by atoms with Gasteiger partial charge in [0.2, 0.25) is 0 Å². The molecule has 0 aromatic heterocycles. The van der Waals surface area contributed by atoms with Gasteiger partial charge in [0.15, 0.2) is 0 Å². The van der Waals surface area contributed by atoms with Crippen molar-refractivity contribution >= 4 is 18.4 Å². The SMILES string of the molecule is [CH3][Sn]([CH3])([CH3])[C]12CCC(CO)(CC1)CC2. The Morgan fingerprint density at radius 3 is 1.64 bits per heavy atom. The molecule has 1 N–H and O–H groups in total. The molecule has 0 aromatic rings. The summed E-state index contributed by atoms with van der Waals surface area (Å²) in [7, 11) is 0. The predicted molar refractivity (Wildman–Crippen MR) is 63.3 cm³/mol. The Bertz CT molecular complexity index is 204. The first-order chi connectivity index (χ1) is 6.43. The summed E-state index contributed by atoms with van der Waals surface area (Å²) < 4.78 is 0.797. The molecule has 0 atom stereocenters. The molecule has 3 aliphatic carbocycles. The van der Waals surface area contributed by atoms with Crippen molar-refractivity contribution in [3.05, 3.63) is 0 Å². The Hall–Kier alpha value is 0.759. The van der Waals surface area contributed by atoms with Gasteiger partial charge in [-0.3, -0.25) is 0 Å². The molecule has 0 unspecified atom stereocenters. The van der Waals surface area contributed by atoms with E-state index in [1.54, 1.807) is 0 Å². The van der Waals surface area contributed by atoms with E-state index in [0.717, 1.165) is 3.43 Å².